The second-order valence-corrected chi connectivity index (χ2v) is 4.55. The van der Waals surface area contributed by atoms with Gasteiger partial charge in [-0.05, 0) is 37.3 Å². The minimum Gasteiger partial charge on any atom is -0.457 e. The number of nitro groups is 1. The van der Waals surface area contributed by atoms with E-state index >= 15 is 0 Å². The number of fused-ring (bicyclic) bond motifs is 1. The molecule has 1 aromatic heterocycles. The fourth-order valence-electron chi connectivity index (χ4n) is 2.04. The first-order chi connectivity index (χ1) is 9.63. The summed E-state index contributed by atoms with van der Waals surface area (Å²) in [6.07, 6.45) is 1.39. The van der Waals surface area contributed by atoms with Crippen molar-refractivity contribution < 1.29 is 9.66 Å². The van der Waals surface area contributed by atoms with Gasteiger partial charge >= 0.3 is 0 Å². The van der Waals surface area contributed by atoms with Crippen LogP contribution in [-0.2, 0) is 0 Å². The fourth-order valence-corrected chi connectivity index (χ4v) is 2.04. The van der Waals surface area contributed by atoms with E-state index in [1.54, 1.807) is 18.2 Å². The molecule has 0 saturated heterocycles. The van der Waals surface area contributed by atoms with Crippen molar-refractivity contribution >= 4 is 16.6 Å². The molecule has 20 heavy (non-hydrogen) atoms. The summed E-state index contributed by atoms with van der Waals surface area (Å²) in [5.74, 6) is 1.28. The van der Waals surface area contributed by atoms with E-state index in [1.165, 1.54) is 6.20 Å². The molecule has 2 aromatic carbocycles. The van der Waals surface area contributed by atoms with E-state index in [4.69, 9.17) is 4.74 Å². The predicted octanol–water partition coefficient (Wildman–Crippen LogP) is 4.18. The van der Waals surface area contributed by atoms with Gasteiger partial charge in [-0.2, -0.15) is 0 Å². The van der Waals surface area contributed by atoms with Gasteiger partial charge in [-0.15, -0.1) is 0 Å². The van der Waals surface area contributed by atoms with Crippen molar-refractivity contribution in [1.82, 2.24) is 4.98 Å². The lowest BCUT2D eigenvalue weighted by atomic mass is 10.2. The lowest BCUT2D eigenvalue weighted by Gasteiger charge is -2.05. The molecule has 0 saturated carbocycles. The van der Waals surface area contributed by atoms with Gasteiger partial charge in [-0.1, -0.05) is 17.7 Å². The number of H-pyrrole nitrogens is 1. The van der Waals surface area contributed by atoms with E-state index in [-0.39, 0.29) is 5.69 Å². The Kier molecular flexibility index (Phi) is 2.87. The summed E-state index contributed by atoms with van der Waals surface area (Å²) in [6.45, 7) is 2.00. The molecule has 5 heteroatoms. The number of rotatable bonds is 3. The van der Waals surface area contributed by atoms with E-state index in [2.05, 4.69) is 4.98 Å². The highest BCUT2D eigenvalue weighted by molar-refractivity contribution is 5.90. The van der Waals surface area contributed by atoms with Gasteiger partial charge in [-0.3, -0.25) is 10.1 Å². The molecule has 0 aliphatic heterocycles. The summed E-state index contributed by atoms with van der Waals surface area (Å²) in [7, 11) is 0. The second-order valence-electron chi connectivity index (χ2n) is 4.55. The molecule has 100 valence electrons. The van der Waals surface area contributed by atoms with Gasteiger partial charge < -0.3 is 9.72 Å². The molecule has 0 atom stereocenters. The summed E-state index contributed by atoms with van der Waals surface area (Å²) >= 11 is 0. The van der Waals surface area contributed by atoms with Crippen molar-refractivity contribution in [3.8, 4) is 11.5 Å². The van der Waals surface area contributed by atoms with Crippen molar-refractivity contribution in [3.05, 3.63) is 64.3 Å². The zero-order chi connectivity index (χ0) is 14.1. The Morgan fingerprint density at radius 1 is 1.10 bits per heavy atom. The van der Waals surface area contributed by atoms with Crippen LogP contribution in [0.5, 0.6) is 11.5 Å². The lowest BCUT2D eigenvalue weighted by Crippen LogP contribution is -1.87. The third-order valence-electron chi connectivity index (χ3n) is 3.08. The molecule has 1 N–H and O–H groups in total. The van der Waals surface area contributed by atoms with Crippen molar-refractivity contribution in [2.24, 2.45) is 0 Å². The van der Waals surface area contributed by atoms with Gasteiger partial charge in [0.1, 0.15) is 11.5 Å². The molecule has 0 spiro atoms. The first kappa shape index (κ1) is 12.2. The molecular weight excluding hydrogens is 256 g/mol. The molecule has 0 aliphatic rings. The van der Waals surface area contributed by atoms with E-state index in [9.17, 15) is 10.1 Å². The van der Waals surface area contributed by atoms with E-state index in [0.29, 0.717) is 22.4 Å². The van der Waals surface area contributed by atoms with E-state index in [1.807, 2.05) is 31.2 Å². The van der Waals surface area contributed by atoms with Gasteiger partial charge in [0, 0.05) is 0 Å². The SMILES string of the molecule is Cc1ccc(Oc2ccc3[nH]cc([N+](=O)[O-])c3c2)cc1. The quantitative estimate of drug-likeness (QED) is 0.572. The monoisotopic (exact) mass is 268 g/mol. The molecule has 0 fully saturated rings. The molecule has 0 radical (unpaired) electrons. The number of aryl methyl sites for hydroxylation is 1. The highest BCUT2D eigenvalue weighted by Gasteiger charge is 2.14. The number of nitrogens with zero attached hydrogens (tertiary/aromatic N) is 1. The number of benzene rings is 2. The Labute approximate surface area is 115 Å². The van der Waals surface area contributed by atoms with Crippen LogP contribution in [0.3, 0.4) is 0 Å². The van der Waals surface area contributed by atoms with Gasteiger partial charge in [0.25, 0.3) is 5.69 Å². The number of aromatic nitrogens is 1. The number of nitrogens with one attached hydrogen (secondary N) is 1. The Hall–Kier alpha value is -2.82. The Morgan fingerprint density at radius 2 is 1.80 bits per heavy atom. The van der Waals surface area contributed by atoms with Crippen LogP contribution in [0.25, 0.3) is 10.9 Å². The maximum Gasteiger partial charge on any atom is 0.294 e. The molecule has 0 amide bonds. The van der Waals surface area contributed by atoms with Crippen LogP contribution in [-0.4, -0.2) is 9.91 Å². The largest absolute Gasteiger partial charge is 0.457 e. The molecule has 0 bridgehead atoms. The van der Waals surface area contributed by atoms with Gasteiger partial charge in [-0.25, -0.2) is 0 Å². The standard InChI is InChI=1S/C15H12N2O3/c1-10-2-4-11(5-3-10)20-12-6-7-14-13(8-12)15(9-16-14)17(18)19/h2-9,16H,1H3. The third kappa shape index (κ3) is 2.21. The zero-order valence-electron chi connectivity index (χ0n) is 10.8. The maximum absolute atomic E-state index is 10.9. The van der Waals surface area contributed by atoms with Crippen LogP contribution in [0.1, 0.15) is 5.56 Å². The minimum atomic E-state index is -0.408. The zero-order valence-corrected chi connectivity index (χ0v) is 10.8. The van der Waals surface area contributed by atoms with E-state index < -0.39 is 4.92 Å². The molecule has 0 unspecified atom stereocenters. The number of hydrogen-bond acceptors (Lipinski definition) is 3. The minimum absolute atomic E-state index is 0.0503. The van der Waals surface area contributed by atoms with Crippen molar-refractivity contribution in [2.45, 2.75) is 6.92 Å². The molecule has 1 heterocycles. The topological polar surface area (TPSA) is 68.2 Å². The van der Waals surface area contributed by atoms with Crippen LogP contribution in [0.4, 0.5) is 5.69 Å². The maximum atomic E-state index is 10.9. The number of ether oxygens (including phenoxy) is 1. The van der Waals surface area contributed by atoms with Crippen LogP contribution in [0.15, 0.2) is 48.7 Å². The average Bonchev–Trinajstić information content (AvgIpc) is 2.84. The highest BCUT2D eigenvalue weighted by Crippen LogP contribution is 2.30. The smallest absolute Gasteiger partial charge is 0.294 e. The molecule has 3 aromatic rings. The molecule has 0 aliphatic carbocycles. The Balaban J connectivity index is 1.97. The first-order valence-electron chi connectivity index (χ1n) is 6.13. The third-order valence-corrected chi connectivity index (χ3v) is 3.08. The molecule has 5 nitrogen and oxygen atoms in total. The van der Waals surface area contributed by atoms with Crippen LogP contribution in [0, 0.1) is 17.0 Å². The van der Waals surface area contributed by atoms with Gasteiger partial charge in [0.05, 0.1) is 22.0 Å². The summed E-state index contributed by atoms with van der Waals surface area (Å²) in [4.78, 5) is 13.4. The summed E-state index contributed by atoms with van der Waals surface area (Å²) < 4.78 is 5.71. The van der Waals surface area contributed by atoms with Crippen molar-refractivity contribution in [1.29, 1.82) is 0 Å². The normalized spacial score (nSPS) is 10.7. The Bertz CT molecular complexity index is 775. The summed E-state index contributed by atoms with van der Waals surface area (Å²) in [5.41, 5.74) is 1.91. The van der Waals surface area contributed by atoms with Gasteiger partial charge in [0.15, 0.2) is 0 Å². The second kappa shape index (κ2) is 4.70. The number of hydrogen-bond donors (Lipinski definition) is 1. The number of aromatic amines is 1. The highest BCUT2D eigenvalue weighted by atomic mass is 16.6. The van der Waals surface area contributed by atoms with Crippen LogP contribution in [0.2, 0.25) is 0 Å². The van der Waals surface area contributed by atoms with Crippen molar-refractivity contribution in [2.75, 3.05) is 0 Å². The van der Waals surface area contributed by atoms with Crippen LogP contribution >= 0.6 is 0 Å². The van der Waals surface area contributed by atoms with Crippen molar-refractivity contribution in [3.63, 3.8) is 0 Å². The summed E-state index contributed by atoms with van der Waals surface area (Å²) in [5, 5.41) is 11.5. The predicted molar refractivity (Wildman–Crippen MR) is 76.2 cm³/mol. The summed E-state index contributed by atoms with van der Waals surface area (Å²) in [6, 6.07) is 12.9. The van der Waals surface area contributed by atoms with E-state index in [0.717, 1.165) is 5.56 Å². The lowest BCUT2D eigenvalue weighted by molar-refractivity contribution is -0.383. The fraction of sp³-hybridized carbons (Fsp3) is 0.0667. The molecular formula is C15H12N2O3. The van der Waals surface area contributed by atoms with Gasteiger partial charge in [0.2, 0.25) is 0 Å². The average molecular weight is 268 g/mol. The van der Waals surface area contributed by atoms with Crippen LogP contribution < -0.4 is 4.74 Å². The molecule has 3 rings (SSSR count). The Morgan fingerprint density at radius 3 is 2.50 bits per heavy atom. The first-order valence-corrected chi connectivity index (χ1v) is 6.13.